The van der Waals surface area contributed by atoms with Crippen molar-refractivity contribution in [2.45, 2.75) is 19.3 Å². The first-order valence-corrected chi connectivity index (χ1v) is 7.95. The molecule has 0 unspecified atom stereocenters. The largest absolute Gasteiger partial charge is 0.369 e. The van der Waals surface area contributed by atoms with Crippen molar-refractivity contribution in [3.63, 3.8) is 0 Å². The van der Waals surface area contributed by atoms with Gasteiger partial charge in [0.2, 0.25) is 11.8 Å². The standard InChI is InChI=1S/C16H22ClN3O2/c17-14-5-3-12(4-6-14)7-8-19-15(21)11-20-9-1-2-13(10-20)16(18)22/h3-6,13H,1-2,7-11H2,(H2,18,22)(H,19,21)/t13-/m1/s1. The van der Waals surface area contributed by atoms with Crippen molar-refractivity contribution in [1.29, 1.82) is 0 Å². The maximum Gasteiger partial charge on any atom is 0.234 e. The summed E-state index contributed by atoms with van der Waals surface area (Å²) >= 11 is 5.83. The molecule has 0 saturated carbocycles. The lowest BCUT2D eigenvalue weighted by molar-refractivity contribution is -0.126. The SMILES string of the molecule is NC(=O)[C@@H]1CCCN(CC(=O)NCCc2ccc(Cl)cc2)C1. The average Bonchev–Trinajstić information content (AvgIpc) is 2.49. The molecule has 0 spiro atoms. The molecule has 0 radical (unpaired) electrons. The molecule has 2 rings (SSSR count). The van der Waals surface area contributed by atoms with Gasteiger partial charge in [-0.3, -0.25) is 14.5 Å². The van der Waals surface area contributed by atoms with Crippen molar-refractivity contribution in [2.75, 3.05) is 26.2 Å². The summed E-state index contributed by atoms with van der Waals surface area (Å²) in [4.78, 5) is 25.2. The van der Waals surface area contributed by atoms with E-state index >= 15 is 0 Å². The normalized spacial score (nSPS) is 18.9. The van der Waals surface area contributed by atoms with Crippen LogP contribution in [0.5, 0.6) is 0 Å². The molecule has 0 aliphatic carbocycles. The number of halogens is 1. The zero-order valence-corrected chi connectivity index (χ0v) is 13.3. The minimum atomic E-state index is -0.271. The molecule has 1 aliphatic rings. The quantitative estimate of drug-likeness (QED) is 0.826. The van der Waals surface area contributed by atoms with E-state index in [1.54, 1.807) is 0 Å². The Morgan fingerprint density at radius 2 is 2.05 bits per heavy atom. The fraction of sp³-hybridized carbons (Fsp3) is 0.500. The summed E-state index contributed by atoms with van der Waals surface area (Å²) in [7, 11) is 0. The number of hydrogen-bond donors (Lipinski definition) is 2. The van der Waals surface area contributed by atoms with Gasteiger partial charge < -0.3 is 11.1 Å². The van der Waals surface area contributed by atoms with Crippen LogP contribution in [0.2, 0.25) is 5.02 Å². The van der Waals surface area contributed by atoms with Gasteiger partial charge in [0.25, 0.3) is 0 Å². The van der Waals surface area contributed by atoms with Crippen LogP contribution in [0.3, 0.4) is 0 Å². The predicted molar refractivity (Wildman–Crippen MR) is 86.5 cm³/mol. The second-order valence-corrected chi connectivity index (χ2v) is 6.14. The Labute approximate surface area is 135 Å². The van der Waals surface area contributed by atoms with E-state index in [9.17, 15) is 9.59 Å². The van der Waals surface area contributed by atoms with Crippen LogP contribution in [0.4, 0.5) is 0 Å². The molecule has 1 aromatic rings. The van der Waals surface area contributed by atoms with Gasteiger partial charge in [-0.1, -0.05) is 23.7 Å². The number of nitrogens with two attached hydrogens (primary N) is 1. The van der Waals surface area contributed by atoms with E-state index in [1.807, 2.05) is 29.2 Å². The third-order valence-electron chi connectivity index (χ3n) is 3.92. The minimum absolute atomic E-state index is 0.0147. The highest BCUT2D eigenvalue weighted by molar-refractivity contribution is 6.30. The van der Waals surface area contributed by atoms with Gasteiger partial charge in [0.15, 0.2) is 0 Å². The number of nitrogens with one attached hydrogen (secondary N) is 1. The third-order valence-corrected chi connectivity index (χ3v) is 4.18. The Morgan fingerprint density at radius 3 is 2.73 bits per heavy atom. The van der Waals surface area contributed by atoms with Gasteiger partial charge in [-0.2, -0.15) is 0 Å². The van der Waals surface area contributed by atoms with E-state index in [-0.39, 0.29) is 17.7 Å². The Bertz CT molecular complexity index is 519. The summed E-state index contributed by atoms with van der Waals surface area (Å²) in [5.41, 5.74) is 6.48. The number of hydrogen-bond acceptors (Lipinski definition) is 3. The number of primary amides is 1. The third kappa shape index (κ3) is 5.31. The lowest BCUT2D eigenvalue weighted by Crippen LogP contribution is -2.45. The monoisotopic (exact) mass is 323 g/mol. The zero-order valence-electron chi connectivity index (χ0n) is 12.6. The van der Waals surface area contributed by atoms with Crippen LogP contribution in [0.1, 0.15) is 18.4 Å². The van der Waals surface area contributed by atoms with Crippen molar-refractivity contribution in [1.82, 2.24) is 10.2 Å². The topological polar surface area (TPSA) is 75.4 Å². The summed E-state index contributed by atoms with van der Waals surface area (Å²) in [5, 5.41) is 3.62. The molecule has 5 nitrogen and oxygen atoms in total. The van der Waals surface area contributed by atoms with Crippen molar-refractivity contribution in [2.24, 2.45) is 11.7 Å². The van der Waals surface area contributed by atoms with Crippen molar-refractivity contribution in [3.8, 4) is 0 Å². The molecule has 22 heavy (non-hydrogen) atoms. The zero-order chi connectivity index (χ0) is 15.9. The van der Waals surface area contributed by atoms with Crippen LogP contribution in [0.15, 0.2) is 24.3 Å². The van der Waals surface area contributed by atoms with Crippen LogP contribution in [-0.2, 0) is 16.0 Å². The van der Waals surface area contributed by atoms with E-state index in [2.05, 4.69) is 5.32 Å². The summed E-state index contributed by atoms with van der Waals surface area (Å²) in [6.45, 7) is 2.34. The highest BCUT2D eigenvalue weighted by atomic mass is 35.5. The van der Waals surface area contributed by atoms with Crippen molar-refractivity contribution >= 4 is 23.4 Å². The number of benzene rings is 1. The van der Waals surface area contributed by atoms with Crippen LogP contribution < -0.4 is 11.1 Å². The number of carbonyl (C=O) groups excluding carboxylic acids is 2. The van der Waals surface area contributed by atoms with Crippen molar-refractivity contribution < 1.29 is 9.59 Å². The maximum atomic E-state index is 11.9. The number of piperidine rings is 1. The smallest absolute Gasteiger partial charge is 0.234 e. The Hall–Kier alpha value is -1.59. The van der Waals surface area contributed by atoms with Crippen LogP contribution in [0, 0.1) is 5.92 Å². The molecule has 120 valence electrons. The summed E-state index contributed by atoms with van der Waals surface area (Å²) in [5.74, 6) is -0.414. The van der Waals surface area contributed by atoms with E-state index < -0.39 is 0 Å². The molecule has 1 aliphatic heterocycles. The molecule has 1 heterocycles. The second kappa shape index (κ2) is 8.15. The average molecular weight is 324 g/mol. The summed E-state index contributed by atoms with van der Waals surface area (Å²) < 4.78 is 0. The van der Waals surface area contributed by atoms with Gasteiger partial charge in [0.05, 0.1) is 12.5 Å². The van der Waals surface area contributed by atoms with Gasteiger partial charge >= 0.3 is 0 Å². The highest BCUT2D eigenvalue weighted by Crippen LogP contribution is 2.15. The molecular weight excluding hydrogens is 302 g/mol. The molecule has 0 aromatic heterocycles. The molecule has 0 bridgehead atoms. The first-order valence-electron chi connectivity index (χ1n) is 7.57. The molecular formula is C16H22ClN3O2. The molecule has 1 aromatic carbocycles. The lowest BCUT2D eigenvalue weighted by atomic mass is 9.97. The van der Waals surface area contributed by atoms with Gasteiger partial charge in [0, 0.05) is 18.1 Å². The number of nitrogens with zero attached hydrogens (tertiary/aromatic N) is 1. The Kier molecular flexibility index (Phi) is 6.21. The van der Waals surface area contributed by atoms with Crippen LogP contribution in [-0.4, -0.2) is 42.9 Å². The predicted octanol–water partition coefficient (Wildman–Crippen LogP) is 1.20. The van der Waals surface area contributed by atoms with E-state index in [4.69, 9.17) is 17.3 Å². The lowest BCUT2D eigenvalue weighted by Gasteiger charge is -2.30. The highest BCUT2D eigenvalue weighted by Gasteiger charge is 2.24. The minimum Gasteiger partial charge on any atom is -0.369 e. The first-order chi connectivity index (χ1) is 10.5. The molecule has 2 amide bonds. The van der Waals surface area contributed by atoms with Gasteiger partial charge in [0.1, 0.15) is 0 Å². The van der Waals surface area contributed by atoms with E-state index in [0.717, 1.165) is 31.4 Å². The number of amides is 2. The van der Waals surface area contributed by atoms with Gasteiger partial charge in [-0.25, -0.2) is 0 Å². The van der Waals surface area contributed by atoms with Crippen LogP contribution in [0.25, 0.3) is 0 Å². The van der Waals surface area contributed by atoms with E-state index in [0.29, 0.717) is 24.7 Å². The summed E-state index contributed by atoms with van der Waals surface area (Å²) in [6.07, 6.45) is 2.50. The number of likely N-dealkylation sites (tertiary alicyclic amines) is 1. The first kappa shape index (κ1) is 16.8. The second-order valence-electron chi connectivity index (χ2n) is 5.70. The Balaban J connectivity index is 1.69. The molecule has 3 N–H and O–H groups in total. The van der Waals surface area contributed by atoms with Crippen molar-refractivity contribution in [3.05, 3.63) is 34.9 Å². The molecule has 6 heteroatoms. The van der Waals surface area contributed by atoms with E-state index in [1.165, 1.54) is 0 Å². The van der Waals surface area contributed by atoms with Crippen LogP contribution >= 0.6 is 11.6 Å². The van der Waals surface area contributed by atoms with Gasteiger partial charge in [-0.15, -0.1) is 0 Å². The fourth-order valence-corrected chi connectivity index (χ4v) is 2.81. The summed E-state index contributed by atoms with van der Waals surface area (Å²) in [6, 6.07) is 7.60. The maximum absolute atomic E-state index is 11.9. The molecule has 1 saturated heterocycles. The molecule has 1 atom stereocenters. The Morgan fingerprint density at radius 1 is 1.32 bits per heavy atom. The molecule has 1 fully saturated rings. The van der Waals surface area contributed by atoms with Gasteiger partial charge in [-0.05, 0) is 43.5 Å². The number of carbonyl (C=O) groups is 2. The number of rotatable bonds is 6. The fourth-order valence-electron chi connectivity index (χ4n) is 2.69.